The summed E-state index contributed by atoms with van der Waals surface area (Å²) in [6.07, 6.45) is -3.13. The van der Waals surface area contributed by atoms with Crippen LogP contribution in [0.15, 0.2) is 24.3 Å². The molecule has 1 N–H and O–H groups in total. The molecule has 25 heavy (non-hydrogen) atoms. The number of hydrogen-bond acceptors (Lipinski definition) is 3. The summed E-state index contributed by atoms with van der Waals surface area (Å²) in [5.41, 5.74) is -1.28. The Morgan fingerprint density at radius 1 is 1.20 bits per heavy atom. The minimum atomic E-state index is -4.58. The molecule has 0 aliphatic heterocycles. The number of carbonyl (C=O) groups excluding carboxylic acids is 1. The molecule has 0 fully saturated rings. The minimum Gasteiger partial charge on any atom is -0.325 e. The highest BCUT2D eigenvalue weighted by Crippen LogP contribution is 2.34. The molecule has 0 radical (unpaired) electrons. The lowest BCUT2D eigenvalue weighted by Gasteiger charge is -2.21. The lowest BCUT2D eigenvalue weighted by atomic mass is 10.1. The monoisotopic (exact) mass is 380 g/mol. The zero-order valence-corrected chi connectivity index (χ0v) is 15.2. The summed E-state index contributed by atoms with van der Waals surface area (Å²) in [5.74, 6) is -0.383. The summed E-state index contributed by atoms with van der Waals surface area (Å²) in [4.78, 5) is 12.0. The number of nitrogens with one attached hydrogen (secondary N) is 1. The topological polar surface area (TPSA) is 66.5 Å². The van der Waals surface area contributed by atoms with Crippen molar-refractivity contribution in [3.63, 3.8) is 0 Å². The third-order valence-corrected chi connectivity index (χ3v) is 4.82. The molecule has 0 saturated heterocycles. The van der Waals surface area contributed by atoms with Gasteiger partial charge in [-0.05, 0) is 24.5 Å². The first kappa shape index (κ1) is 21.4. The molecule has 0 heterocycles. The Morgan fingerprint density at radius 2 is 1.80 bits per heavy atom. The Kier molecular flexibility index (Phi) is 7.43. The van der Waals surface area contributed by atoms with E-state index in [1.54, 1.807) is 0 Å². The van der Waals surface area contributed by atoms with E-state index in [0.717, 1.165) is 18.4 Å². The van der Waals surface area contributed by atoms with Crippen LogP contribution in [0.5, 0.6) is 0 Å². The van der Waals surface area contributed by atoms with Crippen LogP contribution in [0.4, 0.5) is 18.9 Å². The zero-order chi connectivity index (χ0) is 19.3. The standard InChI is InChI=1S/C16H23F3N2O3S/c1-12(2)8-10-21(25(3,23)24)11-9-15(22)20-14-7-5-4-6-13(14)16(17,18)19/h4-7,12H,8-11H2,1-3H3,(H,20,22). The number of carbonyl (C=O) groups is 1. The van der Waals surface area contributed by atoms with Crippen molar-refractivity contribution in [1.29, 1.82) is 0 Å². The van der Waals surface area contributed by atoms with Crippen LogP contribution >= 0.6 is 0 Å². The number of nitrogens with zero attached hydrogens (tertiary/aromatic N) is 1. The van der Waals surface area contributed by atoms with Crippen molar-refractivity contribution in [2.45, 2.75) is 32.9 Å². The highest BCUT2D eigenvalue weighted by atomic mass is 32.2. The van der Waals surface area contributed by atoms with Gasteiger partial charge in [0, 0.05) is 19.5 Å². The van der Waals surface area contributed by atoms with Gasteiger partial charge >= 0.3 is 6.18 Å². The molecule has 1 aromatic rings. The molecule has 9 heteroatoms. The number of para-hydroxylation sites is 1. The van der Waals surface area contributed by atoms with Crippen LogP contribution in [-0.2, 0) is 21.0 Å². The van der Waals surface area contributed by atoms with E-state index in [0.29, 0.717) is 6.42 Å². The number of anilines is 1. The number of hydrogen-bond donors (Lipinski definition) is 1. The maximum atomic E-state index is 12.9. The Labute approximate surface area is 146 Å². The number of sulfonamides is 1. The van der Waals surface area contributed by atoms with Crippen LogP contribution in [0, 0.1) is 5.92 Å². The molecular formula is C16H23F3N2O3S. The maximum absolute atomic E-state index is 12.9. The van der Waals surface area contributed by atoms with Gasteiger partial charge in [0.2, 0.25) is 15.9 Å². The van der Waals surface area contributed by atoms with Crippen LogP contribution in [0.3, 0.4) is 0 Å². The van der Waals surface area contributed by atoms with Crippen molar-refractivity contribution in [2.75, 3.05) is 24.7 Å². The average molecular weight is 380 g/mol. The third kappa shape index (κ3) is 7.43. The highest BCUT2D eigenvalue weighted by molar-refractivity contribution is 7.88. The van der Waals surface area contributed by atoms with Crippen molar-refractivity contribution in [3.8, 4) is 0 Å². The molecule has 0 saturated carbocycles. The Balaban J connectivity index is 2.73. The van der Waals surface area contributed by atoms with E-state index in [1.807, 2.05) is 13.8 Å². The highest BCUT2D eigenvalue weighted by Gasteiger charge is 2.33. The van der Waals surface area contributed by atoms with E-state index >= 15 is 0 Å². The van der Waals surface area contributed by atoms with Crippen LogP contribution in [0.1, 0.15) is 32.3 Å². The van der Waals surface area contributed by atoms with Crippen molar-refractivity contribution in [3.05, 3.63) is 29.8 Å². The van der Waals surface area contributed by atoms with E-state index in [-0.39, 0.29) is 31.1 Å². The molecule has 0 aliphatic carbocycles. The molecular weight excluding hydrogens is 357 g/mol. The largest absolute Gasteiger partial charge is 0.418 e. The first-order valence-corrected chi connectivity index (χ1v) is 9.67. The fourth-order valence-electron chi connectivity index (χ4n) is 2.12. The predicted molar refractivity (Wildman–Crippen MR) is 90.6 cm³/mol. The van der Waals surface area contributed by atoms with Crippen molar-refractivity contribution < 1.29 is 26.4 Å². The molecule has 0 aliphatic rings. The smallest absolute Gasteiger partial charge is 0.325 e. The molecule has 5 nitrogen and oxygen atoms in total. The van der Waals surface area contributed by atoms with E-state index in [1.165, 1.54) is 16.4 Å². The van der Waals surface area contributed by atoms with Gasteiger partial charge in [-0.2, -0.15) is 13.2 Å². The normalized spacial score (nSPS) is 12.6. The quantitative estimate of drug-likeness (QED) is 0.752. The van der Waals surface area contributed by atoms with Crippen molar-refractivity contribution in [2.24, 2.45) is 5.92 Å². The summed E-state index contributed by atoms with van der Waals surface area (Å²) < 4.78 is 63.4. The summed E-state index contributed by atoms with van der Waals surface area (Å²) in [6.45, 7) is 4.08. The van der Waals surface area contributed by atoms with E-state index in [9.17, 15) is 26.4 Å². The molecule has 0 atom stereocenters. The SMILES string of the molecule is CC(C)CCN(CCC(=O)Nc1ccccc1C(F)(F)F)S(C)(=O)=O. The number of halogens is 3. The Morgan fingerprint density at radius 3 is 2.32 bits per heavy atom. The summed E-state index contributed by atoms with van der Waals surface area (Å²) >= 11 is 0. The third-order valence-electron chi connectivity index (χ3n) is 3.52. The summed E-state index contributed by atoms with van der Waals surface area (Å²) in [7, 11) is -3.49. The van der Waals surface area contributed by atoms with Gasteiger partial charge in [0.1, 0.15) is 0 Å². The van der Waals surface area contributed by atoms with Crippen LogP contribution in [0.2, 0.25) is 0 Å². The Bertz CT molecular complexity index is 688. The first-order chi connectivity index (χ1) is 11.4. The average Bonchev–Trinajstić information content (AvgIpc) is 2.44. The Hall–Kier alpha value is -1.61. The number of rotatable bonds is 8. The van der Waals surface area contributed by atoms with E-state index in [2.05, 4.69) is 5.32 Å². The fourth-order valence-corrected chi connectivity index (χ4v) is 2.98. The lowest BCUT2D eigenvalue weighted by Crippen LogP contribution is -2.34. The second-order valence-electron chi connectivity index (χ2n) is 6.19. The van der Waals surface area contributed by atoms with Gasteiger partial charge in [0.15, 0.2) is 0 Å². The number of amides is 1. The predicted octanol–water partition coefficient (Wildman–Crippen LogP) is 3.34. The molecule has 0 unspecified atom stereocenters. The molecule has 1 rings (SSSR count). The molecule has 0 aromatic heterocycles. The van der Waals surface area contributed by atoms with Crippen molar-refractivity contribution >= 4 is 21.6 Å². The van der Waals surface area contributed by atoms with Gasteiger partial charge in [-0.3, -0.25) is 4.79 Å². The summed E-state index contributed by atoms with van der Waals surface area (Å²) in [5, 5.41) is 2.21. The number of alkyl halides is 3. The second-order valence-corrected chi connectivity index (χ2v) is 8.17. The van der Waals surface area contributed by atoms with Gasteiger partial charge in [-0.15, -0.1) is 0 Å². The van der Waals surface area contributed by atoms with Gasteiger partial charge < -0.3 is 5.32 Å². The van der Waals surface area contributed by atoms with E-state index < -0.39 is 27.7 Å². The fraction of sp³-hybridized carbons (Fsp3) is 0.562. The molecule has 1 amide bonds. The molecule has 1 aromatic carbocycles. The van der Waals surface area contributed by atoms with Crippen molar-refractivity contribution in [1.82, 2.24) is 4.31 Å². The van der Waals surface area contributed by atoms with Crippen LogP contribution in [0.25, 0.3) is 0 Å². The molecule has 0 bridgehead atoms. The van der Waals surface area contributed by atoms with Gasteiger partial charge in [0.05, 0.1) is 17.5 Å². The van der Waals surface area contributed by atoms with Gasteiger partial charge in [-0.25, -0.2) is 12.7 Å². The van der Waals surface area contributed by atoms with Gasteiger partial charge in [0.25, 0.3) is 0 Å². The van der Waals surface area contributed by atoms with Gasteiger partial charge in [-0.1, -0.05) is 26.0 Å². The second kappa shape index (κ2) is 8.66. The minimum absolute atomic E-state index is 0.0778. The first-order valence-electron chi connectivity index (χ1n) is 7.82. The molecule has 0 spiro atoms. The maximum Gasteiger partial charge on any atom is 0.418 e. The van der Waals surface area contributed by atoms with E-state index in [4.69, 9.17) is 0 Å². The summed E-state index contributed by atoms with van der Waals surface area (Å²) in [6, 6.07) is 4.65. The number of benzene rings is 1. The lowest BCUT2D eigenvalue weighted by molar-refractivity contribution is -0.137. The zero-order valence-electron chi connectivity index (χ0n) is 14.4. The van der Waals surface area contributed by atoms with Crippen LogP contribution in [-0.4, -0.2) is 38.0 Å². The molecule has 142 valence electrons. The van der Waals surface area contributed by atoms with Crippen LogP contribution < -0.4 is 5.32 Å².